The first-order valence-corrected chi connectivity index (χ1v) is 2.10. The second-order valence-electron chi connectivity index (χ2n) is 1.09. The number of nitrogens with zero attached hydrogens (tertiary/aromatic N) is 1. The molecule has 0 saturated heterocycles. The smallest absolute Gasteiger partial charge is 0.244 e. The average molecular weight is 173 g/mol. The summed E-state index contributed by atoms with van der Waals surface area (Å²) in [6, 6.07) is 1.75. The van der Waals surface area contributed by atoms with Crippen molar-refractivity contribution in [1.82, 2.24) is 0 Å². The van der Waals surface area contributed by atoms with Crippen LogP contribution in [0.5, 0.6) is 0 Å². The van der Waals surface area contributed by atoms with Crippen LogP contribution in [0.15, 0.2) is 0 Å². The van der Waals surface area contributed by atoms with Crippen LogP contribution in [-0.4, -0.2) is 12.1 Å². The molecular formula is C4H3F4NO2. The first-order valence-electron chi connectivity index (χ1n) is 2.10. The van der Waals surface area contributed by atoms with Gasteiger partial charge in [-0.15, -0.1) is 0 Å². The number of carbonyl (C=O) groups excluding carboxylic acids is 1. The normalized spacial score (nSPS) is 8.73. The second kappa shape index (κ2) is 5.46. The zero-order chi connectivity index (χ0) is 9.49. The Hall–Kier alpha value is -1.32. The van der Waals surface area contributed by atoms with Gasteiger partial charge >= 0.3 is 12.1 Å². The van der Waals surface area contributed by atoms with Crippen LogP contribution in [0.25, 0.3) is 0 Å². The fourth-order valence-electron chi connectivity index (χ4n) is 0.0437. The van der Waals surface area contributed by atoms with Crippen LogP contribution in [0.1, 0.15) is 6.92 Å². The quantitative estimate of drug-likeness (QED) is 0.521. The molecule has 0 amide bonds. The van der Waals surface area contributed by atoms with Gasteiger partial charge in [-0.3, -0.25) is 0 Å². The van der Waals surface area contributed by atoms with Gasteiger partial charge in [-0.25, -0.2) is 9.74 Å². The third-order valence-corrected chi connectivity index (χ3v) is 0.302. The highest BCUT2D eigenvalue weighted by molar-refractivity contribution is 5.74. The minimum absolute atomic E-state index is 1.43. The molecular weight excluding hydrogens is 170 g/mol. The molecule has 0 bridgehead atoms. The fourth-order valence-corrected chi connectivity index (χ4v) is 0.0437. The van der Waals surface area contributed by atoms with E-state index in [1.807, 2.05) is 4.94 Å². The lowest BCUT2D eigenvalue weighted by molar-refractivity contribution is -0.234. The van der Waals surface area contributed by atoms with Gasteiger partial charge in [-0.1, -0.05) is 0 Å². The zero-order valence-corrected chi connectivity index (χ0v) is 5.28. The lowest BCUT2D eigenvalue weighted by atomic mass is 10.7. The first kappa shape index (κ1) is 12.4. The van der Waals surface area contributed by atoms with E-state index in [1.165, 1.54) is 6.92 Å². The van der Waals surface area contributed by atoms with Gasteiger partial charge < -0.3 is 0 Å². The van der Waals surface area contributed by atoms with Gasteiger partial charge in [0, 0.05) is 11.4 Å². The van der Waals surface area contributed by atoms with E-state index in [2.05, 4.69) is 0 Å². The molecule has 3 nitrogen and oxygen atoms in total. The number of carbonyl (C=O) groups is 1. The van der Waals surface area contributed by atoms with E-state index in [-0.39, 0.29) is 0 Å². The van der Waals surface area contributed by atoms with Gasteiger partial charge in [0.2, 0.25) is 0 Å². The molecule has 64 valence electrons. The molecule has 0 aliphatic carbocycles. The Morgan fingerprint density at radius 3 is 1.82 bits per heavy atom. The van der Waals surface area contributed by atoms with Crippen LogP contribution in [0.4, 0.5) is 17.7 Å². The van der Waals surface area contributed by atoms with Crippen LogP contribution < -0.4 is 0 Å². The second-order valence-corrected chi connectivity index (χ2v) is 1.09. The third kappa shape index (κ3) is 8.68. The molecule has 0 radical (unpaired) electrons. The first-order chi connectivity index (χ1) is 4.90. The van der Waals surface area contributed by atoms with Crippen LogP contribution in [0.2, 0.25) is 0 Å². The van der Waals surface area contributed by atoms with Gasteiger partial charge in [-0.05, 0) is 0 Å². The van der Waals surface area contributed by atoms with Gasteiger partial charge in [0.05, 0.1) is 6.07 Å². The molecule has 7 heteroatoms. The minimum Gasteiger partial charge on any atom is -0.244 e. The lowest BCUT2D eigenvalue weighted by Crippen LogP contribution is -2.22. The summed E-state index contributed by atoms with van der Waals surface area (Å²) in [5.41, 5.74) is 0. The fraction of sp³-hybridized carbons (Fsp3) is 0.500. The van der Waals surface area contributed by atoms with Gasteiger partial charge in [-0.2, -0.15) is 18.4 Å². The molecule has 11 heavy (non-hydrogen) atoms. The van der Waals surface area contributed by atoms with E-state index in [0.717, 1.165) is 0 Å². The topological polar surface area (TPSA) is 50.1 Å². The van der Waals surface area contributed by atoms with Crippen LogP contribution in [-0.2, 0) is 9.74 Å². The van der Waals surface area contributed by atoms with Crippen LogP contribution in [0, 0.1) is 11.3 Å². The van der Waals surface area contributed by atoms with Crippen LogP contribution in [0.3, 0.4) is 0 Å². The molecule has 0 N–H and O–H groups in total. The average Bonchev–Trinajstić information content (AvgIpc) is 1.86. The standard InChI is InChI=1S/C2F4O2.C2H3N/c3-2(4,5)1(7)8-6;1-2-3/h;1H3. The zero-order valence-electron chi connectivity index (χ0n) is 5.28. The van der Waals surface area contributed by atoms with Crippen molar-refractivity contribution in [1.29, 1.82) is 5.26 Å². The van der Waals surface area contributed by atoms with E-state index in [0.29, 0.717) is 0 Å². The molecule has 0 rings (SSSR count). The SMILES string of the molecule is CC#N.O=C(OF)C(F)(F)F. The Morgan fingerprint density at radius 1 is 1.55 bits per heavy atom. The van der Waals surface area contributed by atoms with Crippen molar-refractivity contribution >= 4 is 5.97 Å². The molecule has 0 aromatic rings. The summed E-state index contributed by atoms with van der Waals surface area (Å²) in [5.74, 6) is -2.84. The summed E-state index contributed by atoms with van der Waals surface area (Å²) in [6.07, 6.45) is -5.23. The van der Waals surface area contributed by atoms with Crippen LogP contribution >= 0.6 is 0 Å². The van der Waals surface area contributed by atoms with Crippen molar-refractivity contribution in [3.8, 4) is 6.07 Å². The van der Waals surface area contributed by atoms with Crippen molar-refractivity contribution in [2.45, 2.75) is 13.1 Å². The highest BCUT2D eigenvalue weighted by Crippen LogP contribution is 2.15. The molecule has 0 aliphatic heterocycles. The van der Waals surface area contributed by atoms with Crippen molar-refractivity contribution in [2.75, 3.05) is 0 Å². The molecule has 0 heterocycles. The minimum atomic E-state index is -5.23. The van der Waals surface area contributed by atoms with Gasteiger partial charge in [0.15, 0.2) is 0 Å². The molecule has 0 aliphatic rings. The molecule has 0 atom stereocenters. The summed E-state index contributed by atoms with van der Waals surface area (Å²) in [7, 11) is 0. The number of rotatable bonds is 0. The van der Waals surface area contributed by atoms with Gasteiger partial charge in [0.25, 0.3) is 0 Å². The summed E-state index contributed by atoms with van der Waals surface area (Å²) in [6.45, 7) is 1.43. The van der Waals surface area contributed by atoms with Crippen molar-refractivity contribution < 1.29 is 27.4 Å². The van der Waals surface area contributed by atoms with E-state index in [1.54, 1.807) is 6.07 Å². The van der Waals surface area contributed by atoms with Crippen molar-refractivity contribution in [3.05, 3.63) is 0 Å². The number of alkyl halides is 3. The Bertz CT molecular complexity index is 158. The maximum absolute atomic E-state index is 10.7. The summed E-state index contributed by atoms with van der Waals surface area (Å²) in [4.78, 5) is 11.0. The number of hydrogen-bond donors (Lipinski definition) is 0. The predicted molar refractivity (Wildman–Crippen MR) is 24.5 cm³/mol. The maximum Gasteiger partial charge on any atom is 0.494 e. The lowest BCUT2D eigenvalue weighted by Gasteiger charge is -1.95. The Morgan fingerprint density at radius 2 is 1.82 bits per heavy atom. The molecule has 0 aromatic heterocycles. The van der Waals surface area contributed by atoms with E-state index < -0.39 is 12.1 Å². The Balaban J connectivity index is 0. The van der Waals surface area contributed by atoms with E-state index in [9.17, 15) is 17.7 Å². The summed E-state index contributed by atoms with van der Waals surface area (Å²) in [5, 5.41) is 7.32. The highest BCUT2D eigenvalue weighted by atomic mass is 19.4. The summed E-state index contributed by atoms with van der Waals surface area (Å²) >= 11 is 0. The van der Waals surface area contributed by atoms with E-state index >= 15 is 0 Å². The highest BCUT2D eigenvalue weighted by Gasteiger charge is 2.42. The number of hydrogen-bond acceptors (Lipinski definition) is 3. The van der Waals surface area contributed by atoms with E-state index in [4.69, 9.17) is 10.1 Å². The largest absolute Gasteiger partial charge is 0.494 e. The molecule has 0 unspecified atom stereocenters. The molecule has 0 aromatic carbocycles. The molecule has 0 fully saturated rings. The third-order valence-electron chi connectivity index (χ3n) is 0.302. The number of halogens is 4. The van der Waals surface area contributed by atoms with Crippen molar-refractivity contribution in [3.63, 3.8) is 0 Å². The monoisotopic (exact) mass is 173 g/mol. The molecule has 0 spiro atoms. The van der Waals surface area contributed by atoms with Crippen molar-refractivity contribution in [2.24, 2.45) is 0 Å². The molecule has 0 saturated carbocycles. The number of nitriles is 1. The maximum atomic E-state index is 10.7. The predicted octanol–water partition coefficient (Wildman–Crippen LogP) is 1.51. The Labute approximate surface area is 59.1 Å². The Kier molecular flexibility index (Phi) is 6.14. The summed E-state index contributed by atoms with van der Waals surface area (Å²) < 4.78 is 42.5. The van der Waals surface area contributed by atoms with Gasteiger partial charge in [0.1, 0.15) is 0 Å².